The number of carbonyl (C=O) groups is 1. The number of ketones is 1. The van der Waals surface area contributed by atoms with Gasteiger partial charge in [0, 0.05) is 0 Å². The van der Waals surface area contributed by atoms with Gasteiger partial charge in [-0.05, 0) is 12.1 Å². The number of benzene rings is 1. The second kappa shape index (κ2) is 4.63. The van der Waals surface area contributed by atoms with Crippen molar-refractivity contribution >= 4 is 33.3 Å². The first-order valence-electron chi connectivity index (χ1n) is 3.62. The zero-order valence-electron chi connectivity index (χ0n) is 6.96. The van der Waals surface area contributed by atoms with Crippen LogP contribution >= 0.6 is 27.5 Å². The molecule has 0 aliphatic carbocycles. The molecule has 70 valence electrons. The minimum Gasteiger partial charge on any atom is -0.496 e. The summed E-state index contributed by atoms with van der Waals surface area (Å²) in [6.45, 7) is 0. The summed E-state index contributed by atoms with van der Waals surface area (Å²) in [5, 5.41) is 0. The van der Waals surface area contributed by atoms with Crippen LogP contribution in [0.3, 0.4) is 0 Å². The molecule has 13 heavy (non-hydrogen) atoms. The summed E-state index contributed by atoms with van der Waals surface area (Å²) in [5.41, 5.74) is 0.488. The smallest absolute Gasteiger partial charge is 0.195 e. The molecule has 0 aliphatic rings. The predicted octanol–water partition coefficient (Wildman–Crippen LogP) is 2.84. The van der Waals surface area contributed by atoms with E-state index >= 15 is 0 Å². The lowest BCUT2D eigenvalue weighted by Gasteiger charge is -2.06. The lowest BCUT2D eigenvalue weighted by molar-refractivity contribution is 0.101. The highest BCUT2D eigenvalue weighted by molar-refractivity contribution is 9.10. The fourth-order valence-electron chi connectivity index (χ4n) is 0.966. The molecule has 0 radical (unpaired) electrons. The van der Waals surface area contributed by atoms with Crippen LogP contribution in [0.25, 0.3) is 0 Å². The number of para-hydroxylation sites is 1. The van der Waals surface area contributed by atoms with Crippen molar-refractivity contribution in [2.24, 2.45) is 0 Å². The van der Waals surface area contributed by atoms with E-state index < -0.39 is 4.29 Å². The van der Waals surface area contributed by atoms with E-state index in [1.165, 1.54) is 7.11 Å². The molecule has 0 fully saturated rings. The molecule has 0 bridgehead atoms. The van der Waals surface area contributed by atoms with Crippen molar-refractivity contribution in [3.63, 3.8) is 0 Å². The number of methoxy groups -OCH3 is 1. The molecule has 0 amide bonds. The summed E-state index contributed by atoms with van der Waals surface area (Å²) < 4.78 is 4.31. The van der Waals surface area contributed by atoms with E-state index in [1.54, 1.807) is 24.3 Å². The quantitative estimate of drug-likeness (QED) is 0.619. The summed E-state index contributed by atoms with van der Waals surface area (Å²) in [6.07, 6.45) is 0. The minimum absolute atomic E-state index is 0.195. The summed E-state index contributed by atoms with van der Waals surface area (Å²) in [6, 6.07) is 6.96. The van der Waals surface area contributed by atoms with Crippen LogP contribution in [-0.2, 0) is 0 Å². The number of hydrogen-bond acceptors (Lipinski definition) is 2. The molecule has 1 aromatic carbocycles. The van der Waals surface area contributed by atoms with Crippen LogP contribution in [0.1, 0.15) is 10.4 Å². The average Bonchev–Trinajstić information content (AvgIpc) is 2.16. The Morgan fingerprint density at radius 2 is 2.15 bits per heavy atom. The zero-order valence-corrected chi connectivity index (χ0v) is 9.30. The number of ether oxygens (including phenoxy) is 1. The van der Waals surface area contributed by atoms with E-state index in [0.717, 1.165) is 0 Å². The molecular weight excluding hydrogens is 255 g/mol. The predicted molar refractivity (Wildman–Crippen MR) is 55.9 cm³/mol. The SMILES string of the molecule is COc1ccccc1C(=O)C(Cl)Br. The topological polar surface area (TPSA) is 26.3 Å². The van der Waals surface area contributed by atoms with E-state index in [-0.39, 0.29) is 5.78 Å². The molecule has 2 nitrogen and oxygen atoms in total. The molecule has 0 N–H and O–H groups in total. The summed E-state index contributed by atoms with van der Waals surface area (Å²) in [5.74, 6) is 0.344. The van der Waals surface area contributed by atoms with Crippen molar-refractivity contribution in [2.45, 2.75) is 4.29 Å². The molecule has 1 rings (SSSR count). The Kier molecular flexibility index (Phi) is 3.75. The van der Waals surface area contributed by atoms with Gasteiger partial charge < -0.3 is 4.74 Å². The number of hydrogen-bond donors (Lipinski definition) is 0. The minimum atomic E-state index is -0.705. The largest absolute Gasteiger partial charge is 0.496 e. The number of carbonyl (C=O) groups excluding carboxylic acids is 1. The van der Waals surface area contributed by atoms with Crippen LogP contribution in [0.4, 0.5) is 0 Å². The molecule has 0 saturated heterocycles. The molecule has 0 spiro atoms. The monoisotopic (exact) mass is 262 g/mol. The highest BCUT2D eigenvalue weighted by Gasteiger charge is 2.17. The van der Waals surface area contributed by atoms with Crippen molar-refractivity contribution in [3.8, 4) is 5.75 Å². The molecule has 1 unspecified atom stereocenters. The van der Waals surface area contributed by atoms with Gasteiger partial charge in [-0.25, -0.2) is 0 Å². The molecular formula is C9H8BrClO2. The Morgan fingerprint density at radius 3 is 2.69 bits per heavy atom. The fraction of sp³-hybridized carbons (Fsp3) is 0.222. The van der Waals surface area contributed by atoms with Gasteiger partial charge in [0.25, 0.3) is 0 Å². The lowest BCUT2D eigenvalue weighted by atomic mass is 10.1. The van der Waals surface area contributed by atoms with Gasteiger partial charge in [-0.2, -0.15) is 0 Å². The Morgan fingerprint density at radius 1 is 1.54 bits per heavy atom. The highest BCUT2D eigenvalue weighted by atomic mass is 79.9. The maximum atomic E-state index is 11.5. The number of alkyl halides is 2. The van der Waals surface area contributed by atoms with Crippen molar-refractivity contribution < 1.29 is 9.53 Å². The van der Waals surface area contributed by atoms with Crippen LogP contribution in [0, 0.1) is 0 Å². The maximum Gasteiger partial charge on any atom is 0.195 e. The first-order chi connectivity index (χ1) is 6.16. The van der Waals surface area contributed by atoms with Crippen LogP contribution in [0.5, 0.6) is 5.75 Å². The molecule has 0 aromatic heterocycles. The van der Waals surface area contributed by atoms with Crippen LogP contribution in [0.15, 0.2) is 24.3 Å². The molecule has 0 heterocycles. The van der Waals surface area contributed by atoms with Gasteiger partial charge in [-0.3, -0.25) is 4.79 Å². The Labute approximate surface area is 90.0 Å². The van der Waals surface area contributed by atoms with Crippen molar-refractivity contribution in [3.05, 3.63) is 29.8 Å². The summed E-state index contributed by atoms with van der Waals surface area (Å²) >= 11 is 8.60. The summed E-state index contributed by atoms with van der Waals surface area (Å²) in [7, 11) is 1.52. The van der Waals surface area contributed by atoms with E-state index in [9.17, 15) is 4.79 Å². The molecule has 1 aromatic rings. The van der Waals surface area contributed by atoms with Gasteiger partial charge in [-0.15, -0.1) is 11.6 Å². The van der Waals surface area contributed by atoms with Crippen molar-refractivity contribution in [1.82, 2.24) is 0 Å². The van der Waals surface area contributed by atoms with Gasteiger partial charge in [0.2, 0.25) is 0 Å². The van der Waals surface area contributed by atoms with Crippen molar-refractivity contribution in [1.29, 1.82) is 0 Å². The van der Waals surface area contributed by atoms with Crippen molar-refractivity contribution in [2.75, 3.05) is 7.11 Å². The van der Waals surface area contributed by atoms with Gasteiger partial charge in [0.05, 0.1) is 12.7 Å². The maximum absolute atomic E-state index is 11.5. The second-order valence-corrected chi connectivity index (χ2v) is 4.24. The Bertz CT molecular complexity index is 312. The lowest BCUT2D eigenvalue weighted by Crippen LogP contribution is -2.08. The van der Waals surface area contributed by atoms with Crippen LogP contribution in [0.2, 0.25) is 0 Å². The normalized spacial score (nSPS) is 12.2. The first-order valence-corrected chi connectivity index (χ1v) is 4.97. The number of Topliss-reactive ketones (excluding diaryl/α,β-unsaturated/α-hetero) is 1. The third kappa shape index (κ3) is 2.45. The van der Waals surface area contributed by atoms with Gasteiger partial charge in [-0.1, -0.05) is 28.1 Å². The van der Waals surface area contributed by atoms with Gasteiger partial charge >= 0.3 is 0 Å². The molecule has 0 aliphatic heterocycles. The second-order valence-electron chi connectivity index (χ2n) is 2.37. The van der Waals surface area contributed by atoms with Gasteiger partial charge in [0.1, 0.15) is 5.75 Å². The third-order valence-corrected chi connectivity index (χ3v) is 2.18. The third-order valence-electron chi connectivity index (χ3n) is 1.57. The fourth-order valence-corrected chi connectivity index (χ4v) is 1.33. The summed E-state index contributed by atoms with van der Waals surface area (Å²) in [4.78, 5) is 11.5. The number of halogens is 2. The van der Waals surface area contributed by atoms with Crippen LogP contribution in [-0.4, -0.2) is 17.2 Å². The first kappa shape index (κ1) is 10.5. The van der Waals surface area contributed by atoms with E-state index in [0.29, 0.717) is 11.3 Å². The number of rotatable bonds is 3. The standard InChI is InChI=1S/C9H8BrClO2/c1-13-7-5-3-2-4-6(7)8(12)9(10)11/h2-5,9H,1H3. The molecule has 4 heteroatoms. The molecule has 1 atom stereocenters. The average molecular weight is 264 g/mol. The zero-order chi connectivity index (χ0) is 9.84. The molecule has 0 saturated carbocycles. The highest BCUT2D eigenvalue weighted by Crippen LogP contribution is 2.22. The Hall–Kier alpha value is -0.540. The van der Waals surface area contributed by atoms with E-state index in [2.05, 4.69) is 15.9 Å². The van der Waals surface area contributed by atoms with Gasteiger partial charge in [0.15, 0.2) is 10.1 Å². The Balaban J connectivity index is 3.06. The van der Waals surface area contributed by atoms with Crippen LogP contribution < -0.4 is 4.74 Å². The van der Waals surface area contributed by atoms with E-state index in [4.69, 9.17) is 16.3 Å². The van der Waals surface area contributed by atoms with E-state index in [1.807, 2.05) is 0 Å².